The summed E-state index contributed by atoms with van der Waals surface area (Å²) in [4.78, 5) is 0. The summed E-state index contributed by atoms with van der Waals surface area (Å²) in [6, 6.07) is 1.75. The fourth-order valence-corrected chi connectivity index (χ4v) is 0.407. The van der Waals surface area contributed by atoms with Gasteiger partial charge in [-0.3, -0.25) is 0 Å². The lowest BCUT2D eigenvalue weighted by molar-refractivity contribution is 0.0584. The van der Waals surface area contributed by atoms with Crippen LogP contribution in [0.4, 0.5) is 0 Å². The molecule has 0 atom stereocenters. The van der Waals surface area contributed by atoms with E-state index in [-0.39, 0.29) is 0 Å². The second kappa shape index (κ2) is 16.2. The quantitative estimate of drug-likeness (QED) is 0.572. The first-order valence-corrected chi connectivity index (χ1v) is 3.79. The van der Waals surface area contributed by atoms with E-state index in [1.165, 1.54) is 6.92 Å². The molecular weight excluding hydrogens is 142 g/mol. The lowest BCUT2D eigenvalue weighted by atomic mass is 10.7. The summed E-state index contributed by atoms with van der Waals surface area (Å²) in [5.41, 5.74) is 0. The predicted octanol–water partition coefficient (Wildman–Crippen LogP) is 1.59. The highest BCUT2D eigenvalue weighted by Crippen LogP contribution is 1.75. The highest BCUT2D eigenvalue weighted by Gasteiger charge is 1.81. The molecule has 11 heavy (non-hydrogen) atoms. The maximum absolute atomic E-state index is 7.32. The van der Waals surface area contributed by atoms with Crippen LogP contribution in [0, 0.1) is 11.3 Å². The van der Waals surface area contributed by atoms with Crippen LogP contribution in [0.3, 0.4) is 0 Å². The Morgan fingerprint density at radius 3 is 1.55 bits per heavy atom. The Bertz CT molecular complexity index is 82.6. The molecule has 0 aliphatic rings. The summed E-state index contributed by atoms with van der Waals surface area (Å²) in [7, 11) is 0. The smallest absolute Gasteiger partial charge is 0.0700 e. The van der Waals surface area contributed by atoms with Gasteiger partial charge >= 0.3 is 0 Å². The van der Waals surface area contributed by atoms with Crippen LogP contribution < -0.4 is 0 Å². The summed E-state index contributed by atoms with van der Waals surface area (Å²) in [5.74, 6) is 0. The topological polar surface area (TPSA) is 42.2 Å². The molecule has 0 rings (SSSR count). The van der Waals surface area contributed by atoms with Crippen LogP contribution in [0.1, 0.15) is 20.8 Å². The average molecular weight is 159 g/mol. The normalized spacial score (nSPS) is 7.82. The van der Waals surface area contributed by atoms with Gasteiger partial charge in [-0.1, -0.05) is 0 Å². The van der Waals surface area contributed by atoms with E-state index in [2.05, 4.69) is 0 Å². The van der Waals surface area contributed by atoms with Crippen molar-refractivity contribution in [3.63, 3.8) is 0 Å². The molecule has 0 N–H and O–H groups in total. The summed E-state index contributed by atoms with van der Waals surface area (Å²) >= 11 is 0. The molecule has 0 bridgehead atoms. The van der Waals surface area contributed by atoms with Gasteiger partial charge in [-0.2, -0.15) is 5.26 Å². The van der Waals surface area contributed by atoms with Crippen LogP contribution in [-0.4, -0.2) is 26.4 Å². The van der Waals surface area contributed by atoms with Gasteiger partial charge in [-0.15, -0.1) is 0 Å². The predicted molar refractivity (Wildman–Crippen MR) is 44.3 cm³/mol. The van der Waals surface area contributed by atoms with Crippen molar-refractivity contribution in [2.75, 3.05) is 26.4 Å². The molecule has 0 amide bonds. The number of nitrogens with zero attached hydrogens (tertiary/aromatic N) is 1. The number of hydrogen-bond donors (Lipinski definition) is 0. The fraction of sp³-hybridized carbons (Fsp3) is 0.875. The van der Waals surface area contributed by atoms with Gasteiger partial charge in [-0.05, 0) is 13.8 Å². The first-order valence-electron chi connectivity index (χ1n) is 3.79. The maximum atomic E-state index is 7.32. The molecule has 0 aromatic heterocycles. The maximum Gasteiger partial charge on any atom is 0.0700 e. The van der Waals surface area contributed by atoms with Gasteiger partial charge in [0, 0.05) is 20.1 Å². The van der Waals surface area contributed by atoms with Crippen LogP contribution >= 0.6 is 0 Å². The second-order valence-electron chi connectivity index (χ2n) is 1.62. The molecule has 0 saturated heterocycles. The standard InChI is InChI=1S/C6H14O2.C2H3N/c1-3-7-5-6-8-4-2;1-2-3/h3-6H2,1-2H3;1H3. The van der Waals surface area contributed by atoms with E-state index >= 15 is 0 Å². The highest BCUT2D eigenvalue weighted by atomic mass is 16.5. The van der Waals surface area contributed by atoms with Crippen LogP contribution in [0.2, 0.25) is 0 Å². The van der Waals surface area contributed by atoms with Crippen LogP contribution in [-0.2, 0) is 9.47 Å². The van der Waals surface area contributed by atoms with Crippen molar-refractivity contribution in [3.05, 3.63) is 0 Å². The molecule has 0 aliphatic carbocycles. The first-order chi connectivity index (χ1) is 5.33. The lowest BCUT2D eigenvalue weighted by Gasteiger charge is -1.99. The molecule has 0 aromatic rings. The van der Waals surface area contributed by atoms with E-state index in [4.69, 9.17) is 14.7 Å². The molecule has 0 spiro atoms. The van der Waals surface area contributed by atoms with Crippen molar-refractivity contribution in [3.8, 4) is 6.07 Å². The Kier molecular flexibility index (Phi) is 19.2. The number of hydrogen-bond acceptors (Lipinski definition) is 3. The first kappa shape index (κ1) is 13.0. The van der Waals surface area contributed by atoms with E-state index < -0.39 is 0 Å². The second-order valence-corrected chi connectivity index (χ2v) is 1.62. The molecule has 0 aromatic carbocycles. The van der Waals surface area contributed by atoms with Gasteiger partial charge in [0.1, 0.15) is 0 Å². The van der Waals surface area contributed by atoms with E-state index in [0.717, 1.165) is 26.4 Å². The lowest BCUT2D eigenvalue weighted by Crippen LogP contribution is -2.02. The highest BCUT2D eigenvalue weighted by molar-refractivity contribution is 4.51. The van der Waals surface area contributed by atoms with Crippen LogP contribution in [0.25, 0.3) is 0 Å². The Morgan fingerprint density at radius 1 is 1.09 bits per heavy atom. The molecule has 0 heterocycles. The largest absolute Gasteiger partial charge is 0.379 e. The number of rotatable bonds is 5. The Labute approximate surface area is 68.9 Å². The molecule has 0 saturated carbocycles. The van der Waals surface area contributed by atoms with Crippen molar-refractivity contribution >= 4 is 0 Å². The minimum absolute atomic E-state index is 0.727. The molecule has 0 fully saturated rings. The van der Waals surface area contributed by atoms with E-state index in [1.54, 1.807) is 6.07 Å². The molecule has 0 aliphatic heterocycles. The molecule has 66 valence electrons. The molecule has 0 unspecified atom stereocenters. The van der Waals surface area contributed by atoms with Crippen LogP contribution in [0.5, 0.6) is 0 Å². The summed E-state index contributed by atoms with van der Waals surface area (Å²) in [6.07, 6.45) is 0. The van der Waals surface area contributed by atoms with Crippen molar-refractivity contribution in [1.82, 2.24) is 0 Å². The summed E-state index contributed by atoms with van der Waals surface area (Å²) < 4.78 is 10.0. The van der Waals surface area contributed by atoms with Crippen molar-refractivity contribution in [2.24, 2.45) is 0 Å². The number of nitriles is 1. The number of ether oxygens (including phenoxy) is 2. The monoisotopic (exact) mass is 159 g/mol. The van der Waals surface area contributed by atoms with E-state index in [0.29, 0.717) is 0 Å². The van der Waals surface area contributed by atoms with Gasteiger partial charge in [0.25, 0.3) is 0 Å². The molecule has 3 nitrogen and oxygen atoms in total. The van der Waals surface area contributed by atoms with Crippen LogP contribution in [0.15, 0.2) is 0 Å². The Morgan fingerprint density at radius 2 is 1.36 bits per heavy atom. The molecular formula is C8H17NO2. The average Bonchev–Trinajstić information content (AvgIpc) is 2.00. The third kappa shape index (κ3) is 26.6. The third-order valence-corrected chi connectivity index (χ3v) is 0.780. The summed E-state index contributed by atoms with van der Waals surface area (Å²) in [6.45, 7) is 8.41. The minimum Gasteiger partial charge on any atom is -0.379 e. The van der Waals surface area contributed by atoms with Gasteiger partial charge in [0.05, 0.1) is 19.3 Å². The Balaban J connectivity index is 0. The zero-order valence-corrected chi connectivity index (χ0v) is 7.59. The summed E-state index contributed by atoms with van der Waals surface area (Å²) in [5, 5.41) is 7.32. The molecule has 0 radical (unpaired) electrons. The SMILES string of the molecule is CC#N.CCOCCOCC. The third-order valence-electron chi connectivity index (χ3n) is 0.780. The zero-order chi connectivity index (χ0) is 8.95. The van der Waals surface area contributed by atoms with E-state index in [9.17, 15) is 0 Å². The van der Waals surface area contributed by atoms with Gasteiger partial charge < -0.3 is 9.47 Å². The fourth-order valence-electron chi connectivity index (χ4n) is 0.407. The van der Waals surface area contributed by atoms with Gasteiger partial charge in [0.15, 0.2) is 0 Å². The van der Waals surface area contributed by atoms with Crippen molar-refractivity contribution in [2.45, 2.75) is 20.8 Å². The van der Waals surface area contributed by atoms with Gasteiger partial charge in [0.2, 0.25) is 0 Å². The van der Waals surface area contributed by atoms with Crippen molar-refractivity contribution in [1.29, 1.82) is 5.26 Å². The molecule has 3 heteroatoms. The minimum atomic E-state index is 0.727. The Hall–Kier alpha value is -0.590. The van der Waals surface area contributed by atoms with Gasteiger partial charge in [-0.25, -0.2) is 0 Å². The van der Waals surface area contributed by atoms with Crippen molar-refractivity contribution < 1.29 is 9.47 Å². The zero-order valence-electron chi connectivity index (χ0n) is 7.59. The van der Waals surface area contributed by atoms with E-state index in [1.807, 2.05) is 13.8 Å².